The van der Waals surface area contributed by atoms with Crippen molar-refractivity contribution in [2.45, 2.75) is 26.8 Å². The van der Waals surface area contributed by atoms with Crippen molar-refractivity contribution in [1.29, 1.82) is 0 Å². The Bertz CT molecular complexity index is 1100. The van der Waals surface area contributed by atoms with Crippen molar-refractivity contribution in [2.24, 2.45) is 5.92 Å². The Morgan fingerprint density at radius 1 is 1.12 bits per heavy atom. The first-order valence-corrected chi connectivity index (χ1v) is 11.4. The summed E-state index contributed by atoms with van der Waals surface area (Å²) in [5.41, 5.74) is 1.72. The molecule has 2 aromatic carbocycles. The number of benzene rings is 2. The fourth-order valence-electron chi connectivity index (χ4n) is 3.73. The Kier molecular flexibility index (Phi) is 8.05. The Hall–Kier alpha value is -2.54. The number of aliphatic hydroxyl groups excluding tert-OH is 1. The van der Waals surface area contributed by atoms with Gasteiger partial charge in [-0.3, -0.25) is 9.59 Å². The molecular weight excluding hydrogens is 465 g/mol. The summed E-state index contributed by atoms with van der Waals surface area (Å²) in [4.78, 5) is 27.3. The molecule has 33 heavy (non-hydrogen) atoms. The van der Waals surface area contributed by atoms with E-state index in [-0.39, 0.29) is 29.5 Å². The molecule has 1 fully saturated rings. The number of carbonyl (C=O) groups excluding carboxylic acids is 2. The van der Waals surface area contributed by atoms with Gasteiger partial charge in [0.1, 0.15) is 11.5 Å². The van der Waals surface area contributed by atoms with E-state index in [1.807, 2.05) is 6.92 Å². The van der Waals surface area contributed by atoms with Crippen LogP contribution in [0, 0.1) is 12.8 Å². The number of carbonyl (C=O) groups is 2. The minimum Gasteiger partial charge on any atom is -0.507 e. The first-order chi connectivity index (χ1) is 15.6. The molecule has 0 aromatic heterocycles. The van der Waals surface area contributed by atoms with Crippen molar-refractivity contribution in [2.75, 3.05) is 26.9 Å². The molecule has 0 spiro atoms. The van der Waals surface area contributed by atoms with E-state index in [2.05, 4.69) is 13.8 Å². The summed E-state index contributed by atoms with van der Waals surface area (Å²) in [6.07, 6.45) is 0. The lowest BCUT2D eigenvalue weighted by Crippen LogP contribution is -2.32. The Labute approximate surface area is 203 Å². The second-order valence-corrected chi connectivity index (χ2v) is 9.15. The predicted octanol–water partition coefficient (Wildman–Crippen LogP) is 5.40. The first kappa shape index (κ1) is 25.1. The summed E-state index contributed by atoms with van der Waals surface area (Å²) in [5, 5.41) is 11.9. The van der Waals surface area contributed by atoms with Gasteiger partial charge in [-0.25, -0.2) is 0 Å². The molecule has 0 aliphatic carbocycles. The zero-order valence-electron chi connectivity index (χ0n) is 19.0. The molecule has 1 aliphatic rings. The van der Waals surface area contributed by atoms with Crippen molar-refractivity contribution in [1.82, 2.24) is 4.90 Å². The van der Waals surface area contributed by atoms with Crippen LogP contribution in [0.1, 0.15) is 36.6 Å². The van der Waals surface area contributed by atoms with Gasteiger partial charge in [-0.2, -0.15) is 0 Å². The minimum atomic E-state index is -0.828. The van der Waals surface area contributed by atoms with Crippen molar-refractivity contribution in [3.05, 3.63) is 68.7 Å². The van der Waals surface area contributed by atoms with Crippen molar-refractivity contribution in [3.8, 4) is 5.75 Å². The lowest BCUT2D eigenvalue weighted by molar-refractivity contribution is -0.140. The number of likely N-dealkylation sites (tertiary alicyclic amines) is 1. The Balaban J connectivity index is 2.11. The third kappa shape index (κ3) is 5.35. The van der Waals surface area contributed by atoms with Gasteiger partial charge in [-0.1, -0.05) is 43.1 Å². The van der Waals surface area contributed by atoms with Crippen LogP contribution in [0.3, 0.4) is 0 Å². The van der Waals surface area contributed by atoms with Crippen LogP contribution in [-0.4, -0.2) is 48.6 Å². The Morgan fingerprint density at radius 2 is 1.85 bits per heavy atom. The number of halogens is 2. The summed E-state index contributed by atoms with van der Waals surface area (Å²) in [6, 6.07) is 9.28. The van der Waals surface area contributed by atoms with Crippen molar-refractivity contribution < 1.29 is 24.2 Å². The summed E-state index contributed by atoms with van der Waals surface area (Å²) in [5.74, 6) is -0.692. The average Bonchev–Trinajstić information content (AvgIpc) is 3.02. The summed E-state index contributed by atoms with van der Waals surface area (Å²) in [7, 11) is 1.51. The third-order valence-corrected chi connectivity index (χ3v) is 6.11. The van der Waals surface area contributed by atoms with Gasteiger partial charge in [0, 0.05) is 19.2 Å². The van der Waals surface area contributed by atoms with E-state index < -0.39 is 17.7 Å². The topological polar surface area (TPSA) is 76.1 Å². The molecule has 1 N–H and O–H groups in total. The standard InChI is InChI=1S/C25H27Cl2NO5/c1-14(2)13-33-17-6-7-18(15(3)11-17)23(29)21-22(16-5-8-19(26)20(27)12-16)28(9-10-32-4)25(31)24(21)30/h5-8,11-12,14,22,29H,9-10,13H2,1-4H3. The third-order valence-electron chi connectivity index (χ3n) is 5.37. The Morgan fingerprint density at radius 3 is 2.45 bits per heavy atom. The highest BCUT2D eigenvalue weighted by Crippen LogP contribution is 2.41. The van der Waals surface area contributed by atoms with Crippen LogP contribution in [0.15, 0.2) is 42.0 Å². The van der Waals surface area contributed by atoms with Gasteiger partial charge in [0.2, 0.25) is 0 Å². The normalized spacial score (nSPS) is 17.8. The van der Waals surface area contributed by atoms with E-state index in [9.17, 15) is 14.7 Å². The van der Waals surface area contributed by atoms with Gasteiger partial charge in [0.05, 0.1) is 34.9 Å². The maximum absolute atomic E-state index is 13.1. The van der Waals surface area contributed by atoms with Gasteiger partial charge >= 0.3 is 0 Å². The molecule has 1 heterocycles. The molecule has 2 aromatic rings. The molecule has 0 saturated carbocycles. The number of hydrogen-bond acceptors (Lipinski definition) is 5. The molecule has 1 saturated heterocycles. The highest BCUT2D eigenvalue weighted by atomic mass is 35.5. The van der Waals surface area contributed by atoms with E-state index in [0.29, 0.717) is 40.0 Å². The number of aliphatic hydroxyl groups is 1. The van der Waals surface area contributed by atoms with Crippen LogP contribution in [0.2, 0.25) is 10.0 Å². The maximum Gasteiger partial charge on any atom is 0.295 e. The predicted molar refractivity (Wildman–Crippen MR) is 129 cm³/mol. The summed E-state index contributed by atoms with van der Waals surface area (Å²) < 4.78 is 10.9. The molecular formula is C25H27Cl2NO5. The fraction of sp³-hybridized carbons (Fsp3) is 0.360. The number of rotatable bonds is 8. The van der Waals surface area contributed by atoms with Crippen LogP contribution in [0.4, 0.5) is 0 Å². The number of methoxy groups -OCH3 is 1. The zero-order chi connectivity index (χ0) is 24.3. The second-order valence-electron chi connectivity index (χ2n) is 8.34. The van der Waals surface area contributed by atoms with Gasteiger partial charge in [-0.05, 0) is 54.3 Å². The molecule has 1 atom stereocenters. The average molecular weight is 492 g/mol. The summed E-state index contributed by atoms with van der Waals surface area (Å²) in [6.45, 7) is 6.88. The van der Waals surface area contributed by atoms with E-state index in [1.54, 1.807) is 36.4 Å². The van der Waals surface area contributed by atoms with Crippen LogP contribution in [0.25, 0.3) is 5.76 Å². The van der Waals surface area contributed by atoms with Gasteiger partial charge in [0.25, 0.3) is 11.7 Å². The van der Waals surface area contributed by atoms with Crippen LogP contribution >= 0.6 is 23.2 Å². The number of Topliss-reactive ketones (excluding diaryl/α,β-unsaturated/α-hetero) is 1. The van der Waals surface area contributed by atoms with E-state index in [4.69, 9.17) is 32.7 Å². The highest BCUT2D eigenvalue weighted by molar-refractivity contribution is 6.47. The number of hydrogen-bond donors (Lipinski definition) is 1. The zero-order valence-corrected chi connectivity index (χ0v) is 20.5. The molecule has 8 heteroatoms. The summed E-state index contributed by atoms with van der Waals surface area (Å²) >= 11 is 12.3. The SMILES string of the molecule is COCCN1C(=O)C(=O)C(=C(O)c2ccc(OCC(C)C)cc2C)C1c1ccc(Cl)c(Cl)c1. The van der Waals surface area contributed by atoms with Gasteiger partial charge < -0.3 is 19.5 Å². The quantitative estimate of drug-likeness (QED) is 0.303. The van der Waals surface area contributed by atoms with Crippen LogP contribution in [-0.2, 0) is 14.3 Å². The van der Waals surface area contributed by atoms with Crippen LogP contribution in [0.5, 0.6) is 5.75 Å². The lowest BCUT2D eigenvalue weighted by Gasteiger charge is -2.25. The second kappa shape index (κ2) is 10.6. The smallest absolute Gasteiger partial charge is 0.295 e. The van der Waals surface area contributed by atoms with E-state index in [0.717, 1.165) is 0 Å². The molecule has 1 unspecified atom stereocenters. The number of ketones is 1. The van der Waals surface area contributed by atoms with Gasteiger partial charge in [0.15, 0.2) is 0 Å². The number of nitrogens with zero attached hydrogens (tertiary/aromatic N) is 1. The van der Waals surface area contributed by atoms with E-state index >= 15 is 0 Å². The van der Waals surface area contributed by atoms with Gasteiger partial charge in [-0.15, -0.1) is 0 Å². The molecule has 6 nitrogen and oxygen atoms in total. The molecule has 1 amide bonds. The fourth-order valence-corrected chi connectivity index (χ4v) is 4.04. The molecule has 3 rings (SSSR count). The van der Waals surface area contributed by atoms with Crippen molar-refractivity contribution >= 4 is 40.7 Å². The number of amides is 1. The molecule has 176 valence electrons. The lowest BCUT2D eigenvalue weighted by atomic mass is 9.94. The first-order valence-electron chi connectivity index (χ1n) is 10.6. The van der Waals surface area contributed by atoms with E-state index in [1.165, 1.54) is 12.0 Å². The largest absolute Gasteiger partial charge is 0.507 e. The molecule has 1 aliphatic heterocycles. The number of aryl methyl sites for hydroxylation is 1. The monoisotopic (exact) mass is 491 g/mol. The van der Waals surface area contributed by atoms with Crippen LogP contribution < -0.4 is 4.74 Å². The minimum absolute atomic E-state index is 0.00607. The molecule has 0 bridgehead atoms. The van der Waals surface area contributed by atoms with Crippen molar-refractivity contribution in [3.63, 3.8) is 0 Å². The molecule has 0 radical (unpaired) electrons. The number of ether oxygens (including phenoxy) is 2. The maximum atomic E-state index is 13.1. The highest BCUT2D eigenvalue weighted by Gasteiger charge is 2.46.